The second-order valence-corrected chi connectivity index (χ2v) is 8.61. The minimum Gasteiger partial charge on any atom is -0.342 e. The molecular formula is C19H29N3OS. The van der Waals surface area contributed by atoms with Crippen LogP contribution in [0.3, 0.4) is 0 Å². The van der Waals surface area contributed by atoms with Gasteiger partial charge in [0, 0.05) is 31.7 Å². The first-order valence-corrected chi connectivity index (χ1v) is 10.4. The van der Waals surface area contributed by atoms with Crippen molar-refractivity contribution in [1.82, 2.24) is 14.7 Å². The number of likely N-dealkylation sites (tertiary alicyclic amines) is 3. The lowest BCUT2D eigenvalue weighted by atomic mass is 9.92. The first kappa shape index (κ1) is 16.6. The summed E-state index contributed by atoms with van der Waals surface area (Å²) in [5.41, 5.74) is 1.17. The van der Waals surface area contributed by atoms with Crippen LogP contribution in [0.1, 0.15) is 31.2 Å². The largest absolute Gasteiger partial charge is 0.342 e. The standard InChI is InChI=1S/C19H29N3OS/c1-20-17(13-21-6-2-3-7-21)11-16-12-22(8-4-18(16)20)19(23)10-15-5-9-24-14-15/h5,9,14,16-18H,2-4,6-8,10-13H2,1H3/t16-,17+,18+/m0/s1. The molecule has 132 valence electrons. The summed E-state index contributed by atoms with van der Waals surface area (Å²) in [6, 6.07) is 3.44. The van der Waals surface area contributed by atoms with Gasteiger partial charge in [-0.15, -0.1) is 0 Å². The minimum atomic E-state index is 0.317. The number of fused-ring (bicyclic) bond motifs is 1. The zero-order valence-electron chi connectivity index (χ0n) is 14.7. The highest BCUT2D eigenvalue weighted by Gasteiger charge is 2.43. The Hall–Kier alpha value is -0.910. The summed E-state index contributed by atoms with van der Waals surface area (Å²) in [6.07, 6.45) is 5.73. The van der Waals surface area contributed by atoms with E-state index in [1.54, 1.807) is 11.3 Å². The SMILES string of the molecule is CN1[C@@H](CN2CCCC2)C[C@H]2CN(C(=O)Cc3ccsc3)CC[C@H]21. The molecule has 0 aliphatic carbocycles. The van der Waals surface area contributed by atoms with Gasteiger partial charge < -0.3 is 9.80 Å². The van der Waals surface area contributed by atoms with Gasteiger partial charge in [0.05, 0.1) is 6.42 Å². The van der Waals surface area contributed by atoms with Crippen LogP contribution >= 0.6 is 11.3 Å². The predicted octanol–water partition coefficient (Wildman–Crippen LogP) is 2.31. The van der Waals surface area contributed by atoms with Gasteiger partial charge in [0.2, 0.25) is 5.91 Å². The lowest BCUT2D eigenvalue weighted by Gasteiger charge is -2.37. The van der Waals surface area contributed by atoms with Crippen molar-refractivity contribution in [3.05, 3.63) is 22.4 Å². The van der Waals surface area contributed by atoms with E-state index in [1.165, 1.54) is 44.5 Å². The molecule has 4 rings (SSSR count). The molecule has 0 bridgehead atoms. The Labute approximate surface area is 149 Å². The third kappa shape index (κ3) is 3.39. The molecule has 0 saturated carbocycles. The van der Waals surface area contributed by atoms with Crippen molar-refractivity contribution in [3.8, 4) is 0 Å². The van der Waals surface area contributed by atoms with E-state index in [1.807, 2.05) is 0 Å². The van der Waals surface area contributed by atoms with Gasteiger partial charge in [0.1, 0.15) is 0 Å². The Bertz CT molecular complexity index is 555. The topological polar surface area (TPSA) is 26.8 Å². The second kappa shape index (κ2) is 7.14. The number of nitrogens with zero attached hydrogens (tertiary/aromatic N) is 3. The van der Waals surface area contributed by atoms with Crippen molar-refractivity contribution in [3.63, 3.8) is 0 Å². The van der Waals surface area contributed by atoms with E-state index in [2.05, 4.69) is 38.6 Å². The van der Waals surface area contributed by atoms with Gasteiger partial charge in [-0.2, -0.15) is 11.3 Å². The monoisotopic (exact) mass is 347 g/mol. The van der Waals surface area contributed by atoms with E-state index >= 15 is 0 Å². The number of amides is 1. The predicted molar refractivity (Wildman–Crippen MR) is 98.3 cm³/mol. The second-order valence-electron chi connectivity index (χ2n) is 7.83. The first-order chi connectivity index (χ1) is 11.7. The highest BCUT2D eigenvalue weighted by molar-refractivity contribution is 7.07. The number of carbonyl (C=O) groups excluding carboxylic acids is 1. The zero-order valence-corrected chi connectivity index (χ0v) is 15.5. The maximum Gasteiger partial charge on any atom is 0.227 e. The Balaban J connectivity index is 1.33. The lowest BCUT2D eigenvalue weighted by Crippen LogP contribution is -2.48. The number of carbonyl (C=O) groups is 1. The minimum absolute atomic E-state index is 0.317. The summed E-state index contributed by atoms with van der Waals surface area (Å²) in [5, 5.41) is 4.16. The van der Waals surface area contributed by atoms with Crippen molar-refractivity contribution in [1.29, 1.82) is 0 Å². The van der Waals surface area contributed by atoms with Gasteiger partial charge in [-0.1, -0.05) is 0 Å². The van der Waals surface area contributed by atoms with Crippen molar-refractivity contribution in [2.75, 3.05) is 39.8 Å². The third-order valence-electron chi connectivity index (χ3n) is 6.32. The fraction of sp³-hybridized carbons (Fsp3) is 0.737. The van der Waals surface area contributed by atoms with E-state index in [4.69, 9.17) is 0 Å². The molecule has 1 aromatic heterocycles. The van der Waals surface area contributed by atoms with Crippen LogP contribution in [0.15, 0.2) is 16.8 Å². The van der Waals surface area contributed by atoms with Crippen molar-refractivity contribution in [2.45, 2.75) is 44.2 Å². The number of hydrogen-bond acceptors (Lipinski definition) is 4. The first-order valence-electron chi connectivity index (χ1n) is 9.44. The van der Waals surface area contributed by atoms with Crippen LogP contribution in [0.5, 0.6) is 0 Å². The number of hydrogen-bond donors (Lipinski definition) is 0. The summed E-state index contributed by atoms with van der Waals surface area (Å²) in [6.45, 7) is 5.70. The van der Waals surface area contributed by atoms with Crippen LogP contribution in [-0.4, -0.2) is 72.5 Å². The van der Waals surface area contributed by atoms with Gasteiger partial charge in [0.25, 0.3) is 0 Å². The average molecular weight is 348 g/mol. The lowest BCUT2D eigenvalue weighted by molar-refractivity contribution is -0.132. The molecule has 0 unspecified atom stereocenters. The third-order valence-corrected chi connectivity index (χ3v) is 7.06. The number of likely N-dealkylation sites (N-methyl/N-ethyl adjacent to an activating group) is 1. The molecule has 24 heavy (non-hydrogen) atoms. The molecule has 3 aliphatic rings. The normalized spacial score (nSPS) is 31.5. The summed E-state index contributed by atoms with van der Waals surface area (Å²) in [4.78, 5) is 20.0. The fourth-order valence-electron chi connectivity index (χ4n) is 4.95. The number of rotatable bonds is 4. The molecule has 4 heterocycles. The number of thiophene rings is 1. The molecule has 0 radical (unpaired) electrons. The molecule has 1 amide bonds. The maximum atomic E-state index is 12.6. The highest BCUT2D eigenvalue weighted by atomic mass is 32.1. The summed E-state index contributed by atoms with van der Waals surface area (Å²) < 4.78 is 0. The van der Waals surface area contributed by atoms with E-state index in [0.29, 0.717) is 30.3 Å². The van der Waals surface area contributed by atoms with E-state index in [9.17, 15) is 4.79 Å². The van der Waals surface area contributed by atoms with Gasteiger partial charge in [0.15, 0.2) is 0 Å². The molecule has 3 fully saturated rings. The van der Waals surface area contributed by atoms with Crippen LogP contribution in [0.25, 0.3) is 0 Å². The maximum absolute atomic E-state index is 12.6. The molecule has 3 atom stereocenters. The molecule has 1 aromatic rings. The quantitative estimate of drug-likeness (QED) is 0.836. The summed E-state index contributed by atoms with van der Waals surface area (Å²) in [5.74, 6) is 0.986. The van der Waals surface area contributed by atoms with Crippen LogP contribution in [0.4, 0.5) is 0 Å². The molecule has 4 nitrogen and oxygen atoms in total. The van der Waals surface area contributed by atoms with Crippen molar-refractivity contribution >= 4 is 17.2 Å². The zero-order chi connectivity index (χ0) is 16.5. The Morgan fingerprint density at radius 3 is 2.88 bits per heavy atom. The van der Waals surface area contributed by atoms with Crippen LogP contribution in [-0.2, 0) is 11.2 Å². The van der Waals surface area contributed by atoms with Crippen molar-refractivity contribution < 1.29 is 4.79 Å². The summed E-state index contributed by atoms with van der Waals surface area (Å²) in [7, 11) is 2.31. The average Bonchev–Trinajstić information content (AvgIpc) is 3.31. The smallest absolute Gasteiger partial charge is 0.227 e. The molecule has 5 heteroatoms. The molecule has 0 aromatic carbocycles. The Kier molecular flexibility index (Phi) is 4.93. The van der Waals surface area contributed by atoms with Gasteiger partial charge >= 0.3 is 0 Å². The summed E-state index contributed by atoms with van der Waals surface area (Å²) >= 11 is 1.68. The fourth-order valence-corrected chi connectivity index (χ4v) is 5.62. The van der Waals surface area contributed by atoms with Crippen LogP contribution in [0.2, 0.25) is 0 Å². The van der Waals surface area contributed by atoms with Crippen molar-refractivity contribution in [2.24, 2.45) is 5.92 Å². The van der Waals surface area contributed by atoms with Crippen LogP contribution < -0.4 is 0 Å². The van der Waals surface area contributed by atoms with Crippen LogP contribution in [0, 0.1) is 5.92 Å². The van der Waals surface area contributed by atoms with Gasteiger partial charge in [-0.25, -0.2) is 0 Å². The molecule has 3 aliphatic heterocycles. The molecule has 0 N–H and O–H groups in total. The van der Waals surface area contributed by atoms with Gasteiger partial charge in [-0.3, -0.25) is 9.69 Å². The molecule has 3 saturated heterocycles. The molecule has 0 spiro atoms. The van der Waals surface area contributed by atoms with E-state index < -0.39 is 0 Å². The van der Waals surface area contributed by atoms with E-state index in [-0.39, 0.29) is 0 Å². The highest BCUT2D eigenvalue weighted by Crippen LogP contribution is 2.35. The van der Waals surface area contributed by atoms with E-state index in [0.717, 1.165) is 19.5 Å². The molecular weight excluding hydrogens is 318 g/mol. The van der Waals surface area contributed by atoms with Gasteiger partial charge in [-0.05, 0) is 74.1 Å². The Morgan fingerprint density at radius 2 is 2.12 bits per heavy atom. The number of piperidine rings is 1. The Morgan fingerprint density at radius 1 is 1.29 bits per heavy atom.